The summed E-state index contributed by atoms with van der Waals surface area (Å²) in [6.45, 7) is 6.79. The third kappa shape index (κ3) is 3.98. The van der Waals surface area contributed by atoms with Crippen molar-refractivity contribution in [1.29, 1.82) is 0 Å². The first-order chi connectivity index (χ1) is 10.3. The molecule has 2 rings (SSSR count). The van der Waals surface area contributed by atoms with Crippen LogP contribution in [0, 0.1) is 6.92 Å². The molecule has 0 aliphatic carbocycles. The number of aromatic nitrogens is 2. The van der Waals surface area contributed by atoms with Gasteiger partial charge in [0.25, 0.3) is 0 Å². The molecule has 0 radical (unpaired) electrons. The lowest BCUT2D eigenvalue weighted by atomic mass is 10.2. The van der Waals surface area contributed by atoms with E-state index in [0.29, 0.717) is 13.2 Å². The molecule has 5 nitrogen and oxygen atoms in total. The fraction of sp³-hybridized carbons (Fsp3) is 0.438. The molecule has 0 aliphatic heterocycles. The number of nitrogens with zero attached hydrogens (tertiary/aromatic N) is 2. The summed E-state index contributed by atoms with van der Waals surface area (Å²) in [5, 5.41) is 7.53. The van der Waals surface area contributed by atoms with Crippen LogP contribution in [-0.4, -0.2) is 30.0 Å². The van der Waals surface area contributed by atoms with Crippen LogP contribution in [0.25, 0.3) is 0 Å². The summed E-state index contributed by atoms with van der Waals surface area (Å²) in [5.74, 6) is 1.56. The Bertz CT molecular complexity index is 566. The van der Waals surface area contributed by atoms with Crippen molar-refractivity contribution in [2.45, 2.75) is 26.9 Å². The largest absolute Gasteiger partial charge is 0.490 e. The molecule has 1 aromatic carbocycles. The van der Waals surface area contributed by atoms with E-state index in [9.17, 15) is 0 Å². The minimum Gasteiger partial charge on any atom is -0.490 e. The van der Waals surface area contributed by atoms with Gasteiger partial charge in [-0.2, -0.15) is 5.10 Å². The first-order valence-electron chi connectivity index (χ1n) is 7.26. The molecule has 0 saturated carbocycles. The highest BCUT2D eigenvalue weighted by molar-refractivity contribution is 5.39. The van der Waals surface area contributed by atoms with E-state index in [0.717, 1.165) is 24.6 Å². The number of benzene rings is 1. The Hall–Kier alpha value is -2.01. The number of hydrogen-bond donors (Lipinski definition) is 1. The van der Waals surface area contributed by atoms with Gasteiger partial charge in [0, 0.05) is 17.8 Å². The predicted molar refractivity (Wildman–Crippen MR) is 82.8 cm³/mol. The number of hydrogen-bond acceptors (Lipinski definition) is 4. The van der Waals surface area contributed by atoms with Crippen LogP contribution in [0.4, 0.5) is 0 Å². The highest BCUT2D eigenvalue weighted by atomic mass is 16.5. The smallest absolute Gasteiger partial charge is 0.161 e. The van der Waals surface area contributed by atoms with Crippen LogP contribution >= 0.6 is 0 Å². The van der Waals surface area contributed by atoms with Crippen molar-refractivity contribution in [3.05, 3.63) is 41.7 Å². The molecule has 0 bridgehead atoms. The Morgan fingerprint density at radius 1 is 1.19 bits per heavy atom. The van der Waals surface area contributed by atoms with Crippen LogP contribution in [0.15, 0.2) is 30.5 Å². The van der Waals surface area contributed by atoms with Gasteiger partial charge in [0.05, 0.1) is 19.3 Å². The molecular weight excluding hydrogens is 266 g/mol. The second kappa shape index (κ2) is 7.69. The lowest BCUT2D eigenvalue weighted by Crippen LogP contribution is -2.12. The fourth-order valence-electron chi connectivity index (χ4n) is 2.16. The molecule has 0 fully saturated rings. The summed E-state index contributed by atoms with van der Waals surface area (Å²) >= 11 is 0. The molecule has 5 heteroatoms. The molecule has 0 atom stereocenters. The van der Waals surface area contributed by atoms with Gasteiger partial charge in [-0.05, 0) is 33.0 Å². The van der Waals surface area contributed by atoms with E-state index < -0.39 is 0 Å². The van der Waals surface area contributed by atoms with Crippen LogP contribution < -0.4 is 14.8 Å². The van der Waals surface area contributed by atoms with Crippen LogP contribution in [0.5, 0.6) is 11.5 Å². The van der Waals surface area contributed by atoms with E-state index in [-0.39, 0.29) is 0 Å². The van der Waals surface area contributed by atoms with Crippen molar-refractivity contribution in [2.24, 2.45) is 0 Å². The lowest BCUT2D eigenvalue weighted by Gasteiger charge is -2.12. The standard InChI is InChI=1S/C16H23N3O2/c1-4-20-15-7-5-6-8-16(15)21-10-9-19-13(2)14(11-17-3)12-18-19/h5-8,12,17H,4,9-11H2,1-3H3. The molecule has 1 N–H and O–H groups in total. The van der Waals surface area contributed by atoms with E-state index in [1.54, 1.807) is 0 Å². The summed E-state index contributed by atoms with van der Waals surface area (Å²) in [4.78, 5) is 0. The van der Waals surface area contributed by atoms with Crippen molar-refractivity contribution in [1.82, 2.24) is 15.1 Å². The minimum absolute atomic E-state index is 0.561. The normalized spacial score (nSPS) is 10.6. The van der Waals surface area contributed by atoms with Crippen molar-refractivity contribution in [2.75, 3.05) is 20.3 Å². The summed E-state index contributed by atoms with van der Waals surface area (Å²) in [6, 6.07) is 7.73. The SMILES string of the molecule is CCOc1ccccc1OCCn1ncc(CNC)c1C. The zero-order valence-corrected chi connectivity index (χ0v) is 12.9. The van der Waals surface area contributed by atoms with Crippen LogP contribution in [0.2, 0.25) is 0 Å². The predicted octanol–water partition coefficient (Wildman–Crippen LogP) is 2.39. The van der Waals surface area contributed by atoms with Crippen molar-refractivity contribution < 1.29 is 9.47 Å². The Kier molecular flexibility index (Phi) is 5.63. The summed E-state index contributed by atoms with van der Waals surface area (Å²) < 4.78 is 13.3. The average molecular weight is 289 g/mol. The monoisotopic (exact) mass is 289 g/mol. The van der Waals surface area contributed by atoms with E-state index in [2.05, 4.69) is 17.3 Å². The summed E-state index contributed by atoms with van der Waals surface area (Å²) in [7, 11) is 1.94. The zero-order valence-electron chi connectivity index (χ0n) is 12.9. The van der Waals surface area contributed by atoms with E-state index in [4.69, 9.17) is 9.47 Å². The van der Waals surface area contributed by atoms with Gasteiger partial charge in [-0.25, -0.2) is 0 Å². The zero-order chi connectivity index (χ0) is 15.1. The third-order valence-corrected chi connectivity index (χ3v) is 3.28. The number of ether oxygens (including phenoxy) is 2. The quantitative estimate of drug-likeness (QED) is 0.810. The van der Waals surface area contributed by atoms with Gasteiger partial charge in [0.1, 0.15) is 6.61 Å². The molecular formula is C16H23N3O2. The van der Waals surface area contributed by atoms with Gasteiger partial charge in [-0.1, -0.05) is 12.1 Å². The fourth-order valence-corrected chi connectivity index (χ4v) is 2.16. The van der Waals surface area contributed by atoms with Crippen LogP contribution in [0.1, 0.15) is 18.2 Å². The molecule has 1 aromatic heterocycles. The van der Waals surface area contributed by atoms with Crippen LogP contribution in [0.3, 0.4) is 0 Å². The van der Waals surface area contributed by atoms with Crippen LogP contribution in [-0.2, 0) is 13.1 Å². The van der Waals surface area contributed by atoms with Gasteiger partial charge < -0.3 is 14.8 Å². The topological polar surface area (TPSA) is 48.3 Å². The van der Waals surface area contributed by atoms with E-state index in [1.165, 1.54) is 11.3 Å². The molecule has 0 amide bonds. The average Bonchev–Trinajstić information content (AvgIpc) is 2.83. The second-order valence-corrected chi connectivity index (χ2v) is 4.74. The van der Waals surface area contributed by atoms with Crippen molar-refractivity contribution >= 4 is 0 Å². The second-order valence-electron chi connectivity index (χ2n) is 4.74. The maximum absolute atomic E-state index is 5.82. The van der Waals surface area contributed by atoms with Gasteiger partial charge in [-0.15, -0.1) is 0 Å². The first-order valence-corrected chi connectivity index (χ1v) is 7.26. The van der Waals surface area contributed by atoms with Gasteiger partial charge in [-0.3, -0.25) is 4.68 Å². The maximum atomic E-state index is 5.82. The Morgan fingerprint density at radius 2 is 1.90 bits per heavy atom. The highest BCUT2D eigenvalue weighted by Gasteiger charge is 2.07. The molecule has 0 saturated heterocycles. The molecule has 0 aliphatic rings. The third-order valence-electron chi connectivity index (χ3n) is 3.28. The number of para-hydroxylation sites is 2. The molecule has 21 heavy (non-hydrogen) atoms. The highest BCUT2D eigenvalue weighted by Crippen LogP contribution is 2.26. The van der Waals surface area contributed by atoms with Gasteiger partial charge in [0.15, 0.2) is 11.5 Å². The van der Waals surface area contributed by atoms with Gasteiger partial charge in [0.2, 0.25) is 0 Å². The maximum Gasteiger partial charge on any atom is 0.161 e. The molecule has 1 heterocycles. The molecule has 2 aromatic rings. The Labute approximate surface area is 125 Å². The number of rotatable bonds is 8. The minimum atomic E-state index is 0.561. The van der Waals surface area contributed by atoms with Crippen molar-refractivity contribution in [3.8, 4) is 11.5 Å². The lowest BCUT2D eigenvalue weighted by molar-refractivity contribution is 0.261. The van der Waals surface area contributed by atoms with E-state index >= 15 is 0 Å². The number of nitrogens with one attached hydrogen (secondary N) is 1. The van der Waals surface area contributed by atoms with E-state index in [1.807, 2.05) is 49.1 Å². The Morgan fingerprint density at radius 3 is 2.57 bits per heavy atom. The molecule has 114 valence electrons. The molecule has 0 unspecified atom stereocenters. The Balaban J connectivity index is 1.92. The van der Waals surface area contributed by atoms with Crippen molar-refractivity contribution in [3.63, 3.8) is 0 Å². The summed E-state index contributed by atoms with van der Waals surface area (Å²) in [5.41, 5.74) is 2.39. The molecule has 0 spiro atoms. The summed E-state index contributed by atoms with van der Waals surface area (Å²) in [6.07, 6.45) is 1.90. The first kappa shape index (κ1) is 15.4. The van der Waals surface area contributed by atoms with Gasteiger partial charge >= 0.3 is 0 Å².